The molecule has 100 valence electrons. The highest BCUT2D eigenvalue weighted by molar-refractivity contribution is 5.58. The highest BCUT2D eigenvalue weighted by Gasteiger charge is 2.32. The van der Waals surface area contributed by atoms with E-state index in [1.54, 1.807) is 25.1 Å². The van der Waals surface area contributed by atoms with Crippen molar-refractivity contribution in [3.8, 4) is 11.6 Å². The molecule has 0 saturated heterocycles. The molecule has 2 N–H and O–H groups in total. The fourth-order valence-electron chi connectivity index (χ4n) is 1.48. The number of pyridine rings is 1. The lowest BCUT2D eigenvalue weighted by Crippen LogP contribution is -2.08. The minimum atomic E-state index is -4.50. The van der Waals surface area contributed by atoms with Gasteiger partial charge in [0.25, 0.3) is 0 Å². The van der Waals surface area contributed by atoms with Crippen LogP contribution in [0.1, 0.15) is 11.3 Å². The van der Waals surface area contributed by atoms with Crippen molar-refractivity contribution >= 4 is 5.69 Å². The van der Waals surface area contributed by atoms with E-state index in [1.165, 1.54) is 12.1 Å². The number of benzene rings is 1. The van der Waals surface area contributed by atoms with Gasteiger partial charge in [-0.25, -0.2) is 4.98 Å². The van der Waals surface area contributed by atoms with Crippen LogP contribution in [0.3, 0.4) is 0 Å². The lowest BCUT2D eigenvalue weighted by atomic mass is 10.2. The standard InChI is InChI=1S/C13H11F3N2O/c1-8-4-2-5-9(12(8)17)19-11-7-3-6-10(18-11)13(14,15)16/h2-7H,17H2,1H3. The molecule has 0 atom stereocenters. The van der Waals surface area contributed by atoms with Crippen molar-refractivity contribution in [3.05, 3.63) is 47.7 Å². The molecule has 1 aromatic heterocycles. The number of rotatable bonds is 2. The van der Waals surface area contributed by atoms with E-state index in [2.05, 4.69) is 4.98 Å². The summed E-state index contributed by atoms with van der Waals surface area (Å²) in [7, 11) is 0. The molecule has 1 aromatic carbocycles. The number of hydrogen-bond acceptors (Lipinski definition) is 3. The largest absolute Gasteiger partial charge is 0.437 e. The highest BCUT2D eigenvalue weighted by Crippen LogP contribution is 2.32. The lowest BCUT2D eigenvalue weighted by molar-refractivity contribution is -0.141. The number of nitrogens with two attached hydrogens (primary N) is 1. The van der Waals surface area contributed by atoms with Crippen molar-refractivity contribution < 1.29 is 17.9 Å². The van der Waals surface area contributed by atoms with Gasteiger partial charge in [0.2, 0.25) is 5.88 Å². The third-order valence-electron chi connectivity index (χ3n) is 2.51. The Morgan fingerprint density at radius 3 is 2.47 bits per heavy atom. The second kappa shape index (κ2) is 4.79. The number of aromatic nitrogens is 1. The summed E-state index contributed by atoms with van der Waals surface area (Å²) in [6.45, 7) is 1.78. The fourth-order valence-corrected chi connectivity index (χ4v) is 1.48. The number of ether oxygens (including phenoxy) is 1. The van der Waals surface area contributed by atoms with Gasteiger partial charge < -0.3 is 10.5 Å². The van der Waals surface area contributed by atoms with Gasteiger partial charge in [-0.05, 0) is 24.6 Å². The molecular formula is C13H11F3N2O. The first-order valence-corrected chi connectivity index (χ1v) is 5.45. The molecule has 3 nitrogen and oxygen atoms in total. The van der Waals surface area contributed by atoms with Crippen LogP contribution >= 0.6 is 0 Å². The van der Waals surface area contributed by atoms with E-state index >= 15 is 0 Å². The maximum Gasteiger partial charge on any atom is 0.433 e. The Balaban J connectivity index is 2.31. The van der Waals surface area contributed by atoms with Crippen molar-refractivity contribution in [1.82, 2.24) is 4.98 Å². The predicted octanol–water partition coefficient (Wildman–Crippen LogP) is 3.78. The van der Waals surface area contributed by atoms with Crippen molar-refractivity contribution in [3.63, 3.8) is 0 Å². The van der Waals surface area contributed by atoms with E-state index in [-0.39, 0.29) is 11.6 Å². The minimum Gasteiger partial charge on any atom is -0.437 e. The molecule has 0 amide bonds. The molecule has 19 heavy (non-hydrogen) atoms. The van der Waals surface area contributed by atoms with Crippen LogP contribution in [0.5, 0.6) is 11.6 Å². The third-order valence-corrected chi connectivity index (χ3v) is 2.51. The number of nitrogen functional groups attached to an aromatic ring is 1. The topological polar surface area (TPSA) is 48.1 Å². The van der Waals surface area contributed by atoms with Crippen LogP contribution in [0.2, 0.25) is 0 Å². The highest BCUT2D eigenvalue weighted by atomic mass is 19.4. The van der Waals surface area contributed by atoms with E-state index < -0.39 is 11.9 Å². The smallest absolute Gasteiger partial charge is 0.433 e. The molecule has 0 aliphatic heterocycles. The quantitative estimate of drug-likeness (QED) is 0.843. The zero-order chi connectivity index (χ0) is 14.0. The molecule has 0 aliphatic carbocycles. The van der Waals surface area contributed by atoms with Gasteiger partial charge in [0.15, 0.2) is 5.75 Å². The van der Waals surface area contributed by atoms with E-state index in [1.807, 2.05) is 0 Å². The number of aryl methyl sites for hydroxylation is 1. The molecular weight excluding hydrogens is 257 g/mol. The number of hydrogen-bond donors (Lipinski definition) is 1. The lowest BCUT2D eigenvalue weighted by Gasteiger charge is -2.11. The Kier molecular flexibility index (Phi) is 3.33. The number of nitrogens with zero attached hydrogens (tertiary/aromatic N) is 1. The fraction of sp³-hybridized carbons (Fsp3) is 0.154. The summed E-state index contributed by atoms with van der Waals surface area (Å²) in [5, 5.41) is 0. The molecule has 0 bridgehead atoms. The maximum absolute atomic E-state index is 12.5. The number of alkyl halides is 3. The zero-order valence-electron chi connectivity index (χ0n) is 10.0. The number of para-hydroxylation sites is 1. The van der Waals surface area contributed by atoms with Crippen LogP contribution in [0.25, 0.3) is 0 Å². The van der Waals surface area contributed by atoms with Gasteiger partial charge in [-0.1, -0.05) is 18.2 Å². The van der Waals surface area contributed by atoms with Crippen LogP contribution < -0.4 is 10.5 Å². The first kappa shape index (κ1) is 13.2. The van der Waals surface area contributed by atoms with Crippen LogP contribution in [-0.4, -0.2) is 4.98 Å². The molecule has 2 aromatic rings. The van der Waals surface area contributed by atoms with Crippen LogP contribution in [0, 0.1) is 6.92 Å². The average molecular weight is 268 g/mol. The Morgan fingerprint density at radius 2 is 1.79 bits per heavy atom. The molecule has 0 fully saturated rings. The molecule has 0 aliphatic rings. The molecule has 0 saturated carbocycles. The van der Waals surface area contributed by atoms with E-state index in [0.717, 1.165) is 11.6 Å². The summed E-state index contributed by atoms with van der Waals surface area (Å²) < 4.78 is 42.8. The average Bonchev–Trinajstić information content (AvgIpc) is 2.34. The molecule has 2 rings (SSSR count). The molecule has 0 spiro atoms. The van der Waals surface area contributed by atoms with Gasteiger partial charge in [0.1, 0.15) is 5.69 Å². The Bertz CT molecular complexity index is 597. The normalized spacial score (nSPS) is 11.4. The second-order valence-corrected chi connectivity index (χ2v) is 3.95. The van der Waals surface area contributed by atoms with Crippen molar-refractivity contribution in [2.45, 2.75) is 13.1 Å². The first-order chi connectivity index (χ1) is 8.88. The van der Waals surface area contributed by atoms with E-state index in [9.17, 15) is 13.2 Å². The van der Waals surface area contributed by atoms with Gasteiger partial charge >= 0.3 is 6.18 Å². The van der Waals surface area contributed by atoms with Gasteiger partial charge in [-0.15, -0.1) is 0 Å². The van der Waals surface area contributed by atoms with E-state index in [4.69, 9.17) is 10.5 Å². The summed E-state index contributed by atoms with van der Waals surface area (Å²) in [5.41, 5.74) is 5.93. The summed E-state index contributed by atoms with van der Waals surface area (Å²) in [6.07, 6.45) is -4.50. The molecule has 6 heteroatoms. The van der Waals surface area contributed by atoms with E-state index in [0.29, 0.717) is 5.69 Å². The van der Waals surface area contributed by atoms with Crippen LogP contribution in [-0.2, 0) is 6.18 Å². The minimum absolute atomic E-state index is 0.146. The first-order valence-electron chi connectivity index (χ1n) is 5.45. The molecule has 0 unspecified atom stereocenters. The second-order valence-electron chi connectivity index (χ2n) is 3.95. The van der Waals surface area contributed by atoms with Crippen molar-refractivity contribution in [1.29, 1.82) is 0 Å². The van der Waals surface area contributed by atoms with Gasteiger partial charge in [-0.2, -0.15) is 13.2 Å². The zero-order valence-corrected chi connectivity index (χ0v) is 10.0. The Hall–Kier alpha value is -2.24. The van der Waals surface area contributed by atoms with Crippen molar-refractivity contribution in [2.75, 3.05) is 5.73 Å². The van der Waals surface area contributed by atoms with Gasteiger partial charge in [0, 0.05) is 6.07 Å². The predicted molar refractivity (Wildman–Crippen MR) is 64.9 cm³/mol. The van der Waals surface area contributed by atoms with Crippen LogP contribution in [0.15, 0.2) is 36.4 Å². The Morgan fingerprint density at radius 1 is 1.11 bits per heavy atom. The van der Waals surface area contributed by atoms with Crippen molar-refractivity contribution in [2.24, 2.45) is 0 Å². The Labute approximate surface area is 107 Å². The maximum atomic E-state index is 12.5. The number of anilines is 1. The molecule has 0 radical (unpaired) electrons. The summed E-state index contributed by atoms with van der Waals surface area (Å²) in [5.74, 6) is 0.138. The SMILES string of the molecule is Cc1cccc(Oc2cccc(C(F)(F)F)n2)c1N. The van der Waals surface area contributed by atoms with Crippen LogP contribution in [0.4, 0.5) is 18.9 Å². The monoisotopic (exact) mass is 268 g/mol. The summed E-state index contributed by atoms with van der Waals surface area (Å²) in [4.78, 5) is 3.41. The van der Waals surface area contributed by atoms with Gasteiger partial charge in [-0.3, -0.25) is 0 Å². The summed E-state index contributed by atoms with van der Waals surface area (Å²) >= 11 is 0. The van der Waals surface area contributed by atoms with Gasteiger partial charge in [0.05, 0.1) is 5.69 Å². The number of halogens is 3. The third kappa shape index (κ3) is 2.96. The summed E-state index contributed by atoms with van der Waals surface area (Å²) in [6, 6.07) is 8.52. The molecule has 1 heterocycles.